The van der Waals surface area contributed by atoms with Crippen molar-refractivity contribution in [3.8, 4) is 0 Å². The second-order valence-electron chi connectivity index (χ2n) is 9.10. The lowest BCUT2D eigenvalue weighted by atomic mass is 10.1. The molecule has 1 saturated heterocycles. The summed E-state index contributed by atoms with van der Waals surface area (Å²) in [6, 6.07) is 21.8. The molecule has 4 aromatic rings. The number of carbonyl (C=O) groups is 3. The molecule has 3 amide bonds. The van der Waals surface area contributed by atoms with E-state index in [4.69, 9.17) is 0 Å². The Morgan fingerprint density at radius 2 is 1.74 bits per heavy atom. The van der Waals surface area contributed by atoms with Crippen molar-refractivity contribution in [1.82, 2.24) is 9.88 Å². The van der Waals surface area contributed by atoms with Gasteiger partial charge in [0.05, 0.1) is 12.1 Å². The molecule has 5 rings (SSSR count). The maximum Gasteiger partial charge on any atom is 0.257 e. The minimum Gasteiger partial charge on any atom is -0.361 e. The summed E-state index contributed by atoms with van der Waals surface area (Å²) in [6.07, 6.45) is 2.47. The summed E-state index contributed by atoms with van der Waals surface area (Å²) in [5.41, 5.74) is 5.14. The molecular weight excluding hydrogens is 438 g/mol. The highest BCUT2D eigenvalue weighted by Crippen LogP contribution is 2.28. The lowest BCUT2D eigenvalue weighted by molar-refractivity contribution is -0.122. The highest BCUT2D eigenvalue weighted by Gasteiger charge is 2.44. The molecule has 1 aliphatic heterocycles. The van der Waals surface area contributed by atoms with Gasteiger partial charge in [-0.1, -0.05) is 53.6 Å². The third kappa shape index (κ3) is 4.35. The minimum absolute atomic E-state index is 0.0296. The number of aromatic amines is 1. The summed E-state index contributed by atoms with van der Waals surface area (Å²) in [6.45, 7) is 4.20. The predicted molar refractivity (Wildman–Crippen MR) is 136 cm³/mol. The number of benzene rings is 3. The van der Waals surface area contributed by atoms with Crippen LogP contribution in [0.5, 0.6) is 0 Å². The molecule has 3 aromatic carbocycles. The van der Waals surface area contributed by atoms with Crippen molar-refractivity contribution in [3.63, 3.8) is 0 Å². The Morgan fingerprint density at radius 1 is 0.971 bits per heavy atom. The molecule has 0 radical (unpaired) electrons. The molecule has 6 heteroatoms. The Labute approximate surface area is 204 Å². The number of imide groups is 1. The van der Waals surface area contributed by atoms with E-state index in [-0.39, 0.29) is 24.1 Å². The standard InChI is InChI=1S/C29H27N3O3/c1-19-10-12-23(13-11-19)32-27(33)17-26(29(32)35)31(28(34)21-7-5-6-20(2)16-21)15-14-22-18-30-25-9-4-3-8-24(22)25/h3-13,16,18,26,30H,14-15,17H2,1-2H3. The number of H-pyrrole nitrogens is 1. The fraction of sp³-hybridized carbons (Fsp3) is 0.207. The van der Waals surface area contributed by atoms with Crippen LogP contribution in [0.25, 0.3) is 10.9 Å². The first-order chi connectivity index (χ1) is 16.9. The largest absolute Gasteiger partial charge is 0.361 e. The summed E-state index contributed by atoms with van der Waals surface area (Å²) >= 11 is 0. The molecule has 1 aliphatic rings. The quantitative estimate of drug-likeness (QED) is 0.416. The number of hydrogen-bond donors (Lipinski definition) is 1. The molecular formula is C29H27N3O3. The average Bonchev–Trinajstić information content (AvgIpc) is 3.40. The van der Waals surface area contributed by atoms with Crippen LogP contribution in [0.4, 0.5) is 5.69 Å². The number of fused-ring (bicyclic) bond motifs is 1. The van der Waals surface area contributed by atoms with E-state index in [9.17, 15) is 14.4 Å². The zero-order valence-corrected chi connectivity index (χ0v) is 19.8. The van der Waals surface area contributed by atoms with Crippen LogP contribution in [0.1, 0.15) is 33.5 Å². The molecule has 0 bridgehead atoms. The molecule has 1 atom stereocenters. The van der Waals surface area contributed by atoms with Crippen LogP contribution in [-0.4, -0.2) is 40.2 Å². The third-order valence-corrected chi connectivity index (χ3v) is 6.61. The first-order valence-electron chi connectivity index (χ1n) is 11.8. The maximum atomic E-state index is 13.7. The number of amides is 3. The van der Waals surface area contributed by atoms with Crippen LogP contribution >= 0.6 is 0 Å². The van der Waals surface area contributed by atoms with Crippen molar-refractivity contribution in [2.24, 2.45) is 0 Å². The molecule has 0 saturated carbocycles. The molecule has 1 unspecified atom stereocenters. The summed E-state index contributed by atoms with van der Waals surface area (Å²) in [7, 11) is 0. The molecule has 176 valence electrons. The first kappa shape index (κ1) is 22.6. The van der Waals surface area contributed by atoms with E-state index in [2.05, 4.69) is 4.98 Å². The maximum absolute atomic E-state index is 13.7. The van der Waals surface area contributed by atoms with Crippen LogP contribution in [0, 0.1) is 13.8 Å². The number of aromatic nitrogens is 1. The molecule has 6 nitrogen and oxygen atoms in total. The number of hydrogen-bond acceptors (Lipinski definition) is 3. The van der Waals surface area contributed by atoms with Gasteiger partial charge in [0.15, 0.2) is 0 Å². The van der Waals surface area contributed by atoms with E-state index in [1.165, 1.54) is 4.90 Å². The number of para-hydroxylation sites is 1. The van der Waals surface area contributed by atoms with Gasteiger partial charge in [0.25, 0.3) is 11.8 Å². The van der Waals surface area contributed by atoms with Gasteiger partial charge in [0.1, 0.15) is 6.04 Å². The number of rotatable bonds is 6. The molecule has 1 fully saturated rings. The van der Waals surface area contributed by atoms with Gasteiger partial charge in [-0.25, -0.2) is 4.90 Å². The second-order valence-corrected chi connectivity index (χ2v) is 9.10. The monoisotopic (exact) mass is 465 g/mol. The summed E-state index contributed by atoms with van der Waals surface area (Å²) in [5.74, 6) is -0.901. The normalized spacial score (nSPS) is 15.7. The fourth-order valence-electron chi connectivity index (χ4n) is 4.75. The van der Waals surface area contributed by atoms with Crippen molar-refractivity contribution in [2.45, 2.75) is 32.7 Å². The molecule has 0 aliphatic carbocycles. The SMILES string of the molecule is Cc1ccc(N2C(=O)CC(N(CCc3c[nH]c4ccccc34)C(=O)c3cccc(C)c3)C2=O)cc1. The van der Waals surface area contributed by atoms with Crippen LogP contribution in [0.3, 0.4) is 0 Å². The Hall–Kier alpha value is -4.19. The van der Waals surface area contributed by atoms with E-state index in [1.807, 2.05) is 74.6 Å². The molecule has 1 N–H and O–H groups in total. The van der Waals surface area contributed by atoms with E-state index < -0.39 is 6.04 Å². The number of nitrogens with zero attached hydrogens (tertiary/aromatic N) is 2. The summed E-state index contributed by atoms with van der Waals surface area (Å²) in [4.78, 5) is 46.2. The highest BCUT2D eigenvalue weighted by molar-refractivity contribution is 6.23. The molecule has 1 aromatic heterocycles. The lowest BCUT2D eigenvalue weighted by Gasteiger charge is -2.28. The predicted octanol–water partition coefficient (Wildman–Crippen LogP) is 4.80. The van der Waals surface area contributed by atoms with Crippen LogP contribution in [0.15, 0.2) is 79.0 Å². The van der Waals surface area contributed by atoms with Crippen molar-refractivity contribution in [1.29, 1.82) is 0 Å². The van der Waals surface area contributed by atoms with Gasteiger partial charge in [-0.05, 0) is 56.2 Å². The van der Waals surface area contributed by atoms with Gasteiger partial charge in [-0.2, -0.15) is 0 Å². The zero-order valence-electron chi connectivity index (χ0n) is 19.8. The van der Waals surface area contributed by atoms with Gasteiger partial charge in [-0.3, -0.25) is 14.4 Å². The van der Waals surface area contributed by atoms with Crippen LogP contribution in [-0.2, 0) is 16.0 Å². The number of carbonyl (C=O) groups excluding carboxylic acids is 3. The Bertz CT molecular complexity index is 1420. The van der Waals surface area contributed by atoms with E-state index >= 15 is 0 Å². The molecule has 35 heavy (non-hydrogen) atoms. The van der Waals surface area contributed by atoms with Crippen molar-refractivity contribution >= 4 is 34.3 Å². The lowest BCUT2D eigenvalue weighted by Crippen LogP contribution is -2.46. The molecule has 0 spiro atoms. The number of nitrogens with one attached hydrogen (secondary N) is 1. The van der Waals surface area contributed by atoms with E-state index in [1.54, 1.807) is 23.1 Å². The van der Waals surface area contributed by atoms with E-state index in [0.29, 0.717) is 24.2 Å². The Morgan fingerprint density at radius 3 is 2.51 bits per heavy atom. The van der Waals surface area contributed by atoms with Crippen LogP contribution < -0.4 is 4.90 Å². The van der Waals surface area contributed by atoms with Gasteiger partial charge >= 0.3 is 0 Å². The Balaban J connectivity index is 1.46. The third-order valence-electron chi connectivity index (χ3n) is 6.61. The zero-order chi connectivity index (χ0) is 24.5. The highest BCUT2D eigenvalue weighted by atomic mass is 16.2. The van der Waals surface area contributed by atoms with Gasteiger partial charge in [0, 0.05) is 29.2 Å². The topological polar surface area (TPSA) is 73.5 Å². The fourth-order valence-corrected chi connectivity index (χ4v) is 4.75. The van der Waals surface area contributed by atoms with Crippen molar-refractivity contribution in [2.75, 3.05) is 11.4 Å². The summed E-state index contributed by atoms with van der Waals surface area (Å²) < 4.78 is 0. The second kappa shape index (κ2) is 9.22. The van der Waals surface area contributed by atoms with Crippen molar-refractivity contribution < 1.29 is 14.4 Å². The van der Waals surface area contributed by atoms with E-state index in [0.717, 1.165) is 27.6 Å². The van der Waals surface area contributed by atoms with Gasteiger partial charge in [0.2, 0.25) is 5.91 Å². The minimum atomic E-state index is -0.845. The molecule has 2 heterocycles. The van der Waals surface area contributed by atoms with Crippen molar-refractivity contribution in [3.05, 3.63) is 101 Å². The Kier molecular flexibility index (Phi) is 5.95. The average molecular weight is 466 g/mol. The van der Waals surface area contributed by atoms with Gasteiger partial charge in [-0.15, -0.1) is 0 Å². The first-order valence-corrected chi connectivity index (χ1v) is 11.8. The van der Waals surface area contributed by atoms with Crippen LogP contribution in [0.2, 0.25) is 0 Å². The van der Waals surface area contributed by atoms with Gasteiger partial charge < -0.3 is 9.88 Å². The number of anilines is 1. The number of aryl methyl sites for hydroxylation is 2. The smallest absolute Gasteiger partial charge is 0.257 e. The summed E-state index contributed by atoms with van der Waals surface area (Å²) in [5, 5.41) is 1.09.